The van der Waals surface area contributed by atoms with Gasteiger partial charge in [0.25, 0.3) is 0 Å². The molecule has 1 fully saturated rings. The largest absolute Gasteiger partial charge is 0.476 e. The van der Waals surface area contributed by atoms with E-state index in [1.54, 1.807) is 11.0 Å². The Balaban J connectivity index is 2.18. The number of amides is 1. The van der Waals surface area contributed by atoms with Gasteiger partial charge < -0.3 is 20.3 Å². The van der Waals surface area contributed by atoms with Gasteiger partial charge in [0, 0.05) is 20.1 Å². The van der Waals surface area contributed by atoms with E-state index in [4.69, 9.17) is 10.5 Å². The van der Waals surface area contributed by atoms with Crippen molar-refractivity contribution < 1.29 is 9.53 Å². The number of likely N-dealkylation sites (N-methyl/N-ethyl adjacent to an activating group) is 1. The predicted molar refractivity (Wildman–Crippen MR) is 69.7 cm³/mol. The molecule has 2 rings (SSSR count). The SMILES string of the molecule is CCOc1nc(N2CCN(C)C(=O)C2)ccc1N. The summed E-state index contributed by atoms with van der Waals surface area (Å²) in [4.78, 5) is 19.7. The molecule has 0 unspecified atom stereocenters. The maximum atomic E-state index is 11.7. The molecule has 18 heavy (non-hydrogen) atoms. The van der Waals surface area contributed by atoms with E-state index >= 15 is 0 Å². The normalized spacial score (nSPS) is 16.0. The molecule has 1 aromatic heterocycles. The van der Waals surface area contributed by atoms with E-state index < -0.39 is 0 Å². The van der Waals surface area contributed by atoms with Crippen LogP contribution in [-0.2, 0) is 4.79 Å². The second kappa shape index (κ2) is 5.12. The number of anilines is 2. The van der Waals surface area contributed by atoms with E-state index in [-0.39, 0.29) is 5.91 Å². The van der Waals surface area contributed by atoms with Gasteiger partial charge in [0.2, 0.25) is 11.8 Å². The Bertz CT molecular complexity index is 450. The third-order valence-corrected chi connectivity index (χ3v) is 2.94. The van der Waals surface area contributed by atoms with Crippen LogP contribution in [0, 0.1) is 0 Å². The summed E-state index contributed by atoms with van der Waals surface area (Å²) < 4.78 is 5.36. The number of piperazine rings is 1. The highest BCUT2D eigenvalue weighted by molar-refractivity contribution is 5.82. The van der Waals surface area contributed by atoms with E-state index in [2.05, 4.69) is 4.98 Å². The molecule has 0 aromatic carbocycles. The Hall–Kier alpha value is -1.98. The van der Waals surface area contributed by atoms with Crippen molar-refractivity contribution in [3.63, 3.8) is 0 Å². The number of carbonyl (C=O) groups excluding carboxylic acids is 1. The molecular weight excluding hydrogens is 232 g/mol. The highest BCUT2D eigenvalue weighted by Gasteiger charge is 2.22. The Labute approximate surface area is 106 Å². The predicted octanol–water partition coefficient (Wildman–Crippen LogP) is 0.341. The lowest BCUT2D eigenvalue weighted by Crippen LogP contribution is -2.48. The molecule has 1 saturated heterocycles. The first-order valence-electron chi connectivity index (χ1n) is 6.00. The molecule has 1 aliphatic rings. The van der Waals surface area contributed by atoms with Crippen LogP contribution >= 0.6 is 0 Å². The Morgan fingerprint density at radius 2 is 2.22 bits per heavy atom. The van der Waals surface area contributed by atoms with Crippen LogP contribution in [0.25, 0.3) is 0 Å². The minimum absolute atomic E-state index is 0.0952. The van der Waals surface area contributed by atoms with Crippen molar-refractivity contribution in [1.29, 1.82) is 0 Å². The molecule has 1 amide bonds. The number of ether oxygens (including phenoxy) is 1. The summed E-state index contributed by atoms with van der Waals surface area (Å²) >= 11 is 0. The van der Waals surface area contributed by atoms with Gasteiger partial charge in [-0.3, -0.25) is 4.79 Å². The van der Waals surface area contributed by atoms with E-state index in [0.717, 1.165) is 12.4 Å². The molecular formula is C12H18N4O2. The molecule has 0 radical (unpaired) electrons. The van der Waals surface area contributed by atoms with Gasteiger partial charge in [-0.05, 0) is 19.1 Å². The van der Waals surface area contributed by atoms with Crippen molar-refractivity contribution in [2.75, 3.05) is 43.9 Å². The van der Waals surface area contributed by atoms with Crippen molar-refractivity contribution in [1.82, 2.24) is 9.88 Å². The van der Waals surface area contributed by atoms with Crippen molar-refractivity contribution in [2.24, 2.45) is 0 Å². The fraction of sp³-hybridized carbons (Fsp3) is 0.500. The second-order valence-electron chi connectivity index (χ2n) is 4.23. The highest BCUT2D eigenvalue weighted by atomic mass is 16.5. The van der Waals surface area contributed by atoms with Crippen LogP contribution < -0.4 is 15.4 Å². The van der Waals surface area contributed by atoms with Gasteiger partial charge in [0.15, 0.2) is 0 Å². The number of nitrogen functional groups attached to an aromatic ring is 1. The topological polar surface area (TPSA) is 71.7 Å². The molecule has 1 aliphatic heterocycles. The van der Waals surface area contributed by atoms with Gasteiger partial charge in [0.05, 0.1) is 18.8 Å². The molecule has 0 atom stereocenters. The number of pyridine rings is 1. The first kappa shape index (κ1) is 12.5. The number of rotatable bonds is 3. The van der Waals surface area contributed by atoms with E-state index in [1.165, 1.54) is 0 Å². The van der Waals surface area contributed by atoms with Gasteiger partial charge in [-0.25, -0.2) is 0 Å². The number of hydrogen-bond acceptors (Lipinski definition) is 5. The molecule has 0 bridgehead atoms. The Morgan fingerprint density at radius 3 is 2.89 bits per heavy atom. The zero-order valence-electron chi connectivity index (χ0n) is 10.7. The average molecular weight is 250 g/mol. The molecule has 98 valence electrons. The van der Waals surface area contributed by atoms with Crippen molar-refractivity contribution in [3.8, 4) is 5.88 Å². The highest BCUT2D eigenvalue weighted by Crippen LogP contribution is 2.23. The minimum atomic E-state index is 0.0952. The summed E-state index contributed by atoms with van der Waals surface area (Å²) in [6, 6.07) is 3.58. The van der Waals surface area contributed by atoms with Crippen molar-refractivity contribution in [3.05, 3.63) is 12.1 Å². The van der Waals surface area contributed by atoms with Crippen LogP contribution in [0.1, 0.15) is 6.92 Å². The first-order valence-corrected chi connectivity index (χ1v) is 6.00. The van der Waals surface area contributed by atoms with E-state index in [9.17, 15) is 4.79 Å². The fourth-order valence-corrected chi connectivity index (χ4v) is 1.82. The van der Waals surface area contributed by atoms with Gasteiger partial charge in [-0.2, -0.15) is 4.98 Å². The standard InChI is InChI=1S/C12H18N4O2/c1-3-18-12-9(13)4-5-10(14-12)16-7-6-15(2)11(17)8-16/h4-5H,3,6-8,13H2,1-2H3. The Kier molecular flexibility index (Phi) is 3.55. The zero-order chi connectivity index (χ0) is 13.1. The van der Waals surface area contributed by atoms with Gasteiger partial charge in [-0.1, -0.05) is 0 Å². The number of nitrogens with zero attached hydrogens (tertiary/aromatic N) is 3. The molecule has 2 heterocycles. The third-order valence-electron chi connectivity index (χ3n) is 2.94. The molecule has 6 nitrogen and oxygen atoms in total. The maximum Gasteiger partial charge on any atom is 0.241 e. The van der Waals surface area contributed by atoms with Crippen molar-refractivity contribution >= 4 is 17.4 Å². The van der Waals surface area contributed by atoms with Crippen LogP contribution in [0.15, 0.2) is 12.1 Å². The van der Waals surface area contributed by atoms with Crippen LogP contribution in [0.5, 0.6) is 5.88 Å². The van der Waals surface area contributed by atoms with E-state index in [1.807, 2.05) is 24.9 Å². The number of carbonyl (C=O) groups is 1. The molecule has 6 heteroatoms. The summed E-state index contributed by atoms with van der Waals surface area (Å²) in [6.45, 7) is 4.22. The quantitative estimate of drug-likeness (QED) is 0.837. The lowest BCUT2D eigenvalue weighted by molar-refractivity contribution is -0.129. The summed E-state index contributed by atoms with van der Waals surface area (Å²) in [5.74, 6) is 1.26. The molecule has 2 N–H and O–H groups in total. The number of nitrogens with two attached hydrogens (primary N) is 1. The molecule has 1 aromatic rings. The fourth-order valence-electron chi connectivity index (χ4n) is 1.82. The summed E-state index contributed by atoms with van der Waals surface area (Å²) in [6.07, 6.45) is 0. The number of aromatic nitrogens is 1. The lowest BCUT2D eigenvalue weighted by atomic mass is 10.3. The van der Waals surface area contributed by atoms with Gasteiger partial charge in [0.1, 0.15) is 5.82 Å². The first-order chi connectivity index (χ1) is 8.61. The Morgan fingerprint density at radius 1 is 1.44 bits per heavy atom. The monoisotopic (exact) mass is 250 g/mol. The van der Waals surface area contributed by atoms with Crippen LogP contribution in [-0.4, -0.2) is 49.1 Å². The second-order valence-corrected chi connectivity index (χ2v) is 4.23. The summed E-state index contributed by atoms with van der Waals surface area (Å²) in [5.41, 5.74) is 6.29. The van der Waals surface area contributed by atoms with Gasteiger partial charge in [-0.15, -0.1) is 0 Å². The summed E-state index contributed by atoms with van der Waals surface area (Å²) in [7, 11) is 1.81. The van der Waals surface area contributed by atoms with E-state index in [0.29, 0.717) is 31.3 Å². The van der Waals surface area contributed by atoms with Crippen LogP contribution in [0.3, 0.4) is 0 Å². The minimum Gasteiger partial charge on any atom is -0.476 e. The third kappa shape index (κ3) is 2.47. The van der Waals surface area contributed by atoms with Crippen LogP contribution in [0.2, 0.25) is 0 Å². The lowest BCUT2D eigenvalue weighted by Gasteiger charge is -2.32. The van der Waals surface area contributed by atoms with Crippen LogP contribution in [0.4, 0.5) is 11.5 Å². The summed E-state index contributed by atoms with van der Waals surface area (Å²) in [5, 5.41) is 0. The smallest absolute Gasteiger partial charge is 0.241 e. The zero-order valence-corrected chi connectivity index (χ0v) is 10.7. The van der Waals surface area contributed by atoms with Crippen molar-refractivity contribution in [2.45, 2.75) is 6.92 Å². The molecule has 0 spiro atoms. The average Bonchev–Trinajstić information content (AvgIpc) is 2.36. The molecule has 0 aliphatic carbocycles. The van der Waals surface area contributed by atoms with Gasteiger partial charge >= 0.3 is 0 Å². The maximum absolute atomic E-state index is 11.7. The molecule has 0 saturated carbocycles. The number of hydrogen-bond donors (Lipinski definition) is 1.